The highest BCUT2D eigenvalue weighted by Crippen LogP contribution is 2.17. The molecule has 108 valence electrons. The molecule has 0 aliphatic rings. The van der Waals surface area contributed by atoms with Gasteiger partial charge in [0, 0.05) is 0 Å². The van der Waals surface area contributed by atoms with E-state index in [0.717, 1.165) is 24.3 Å². The Morgan fingerprint density at radius 2 is 1.84 bits per heavy atom. The Morgan fingerprint density at radius 1 is 1.16 bits per heavy atom. The van der Waals surface area contributed by atoms with Gasteiger partial charge >= 0.3 is 0 Å². The molecule has 0 saturated heterocycles. The van der Waals surface area contributed by atoms with Crippen LogP contribution in [0.25, 0.3) is 0 Å². The zero-order valence-corrected chi connectivity index (χ0v) is 13.3. The van der Waals surface area contributed by atoms with Crippen molar-refractivity contribution in [3.63, 3.8) is 0 Å². The molecule has 0 spiro atoms. The lowest BCUT2D eigenvalue weighted by Crippen LogP contribution is -1.96. The Balaban J connectivity index is 4.13. The van der Waals surface area contributed by atoms with Crippen LogP contribution in [0.3, 0.4) is 0 Å². The van der Waals surface area contributed by atoms with Crippen LogP contribution in [-0.4, -0.2) is 5.78 Å². The number of ketones is 1. The molecule has 0 radical (unpaired) electrons. The molecule has 0 aliphatic carbocycles. The third-order valence-electron chi connectivity index (χ3n) is 3.48. The summed E-state index contributed by atoms with van der Waals surface area (Å²) in [4.78, 5) is 10.9. The number of carbonyl (C=O) groups is 1. The van der Waals surface area contributed by atoms with E-state index >= 15 is 0 Å². The van der Waals surface area contributed by atoms with E-state index in [-0.39, 0.29) is 5.78 Å². The Hall–Kier alpha value is -1.11. The first-order valence-electron chi connectivity index (χ1n) is 7.50. The minimum atomic E-state index is 0.120. The predicted molar refractivity (Wildman–Crippen MR) is 85.3 cm³/mol. The smallest absolute Gasteiger partial charge is 0.152 e. The summed E-state index contributed by atoms with van der Waals surface area (Å²) in [5.41, 5.74) is 2.54. The third-order valence-corrected chi connectivity index (χ3v) is 3.48. The Kier molecular flexibility index (Phi) is 10.1. The zero-order chi connectivity index (χ0) is 14.7. The first-order valence-corrected chi connectivity index (χ1v) is 7.50. The van der Waals surface area contributed by atoms with Crippen LogP contribution in [0.15, 0.2) is 35.5 Å². The minimum Gasteiger partial charge on any atom is -0.295 e. The lowest BCUT2D eigenvalue weighted by molar-refractivity contribution is -0.112. The molecule has 0 bridgehead atoms. The molecule has 0 aromatic carbocycles. The zero-order valence-electron chi connectivity index (χ0n) is 13.3. The maximum absolute atomic E-state index is 10.9. The van der Waals surface area contributed by atoms with Gasteiger partial charge in [-0.25, -0.2) is 0 Å². The van der Waals surface area contributed by atoms with Crippen LogP contribution in [0.2, 0.25) is 0 Å². The lowest BCUT2D eigenvalue weighted by atomic mass is 9.95. The highest BCUT2D eigenvalue weighted by atomic mass is 16.1. The van der Waals surface area contributed by atoms with Crippen molar-refractivity contribution in [1.29, 1.82) is 0 Å². The second-order valence-corrected chi connectivity index (χ2v) is 5.39. The average molecular weight is 262 g/mol. The standard InChI is InChI=1S/C18H30O/c1-6-15(3)10-8-12-18(7-2)13-9-11-16(4)14-17(5)19/h9-11,14,18H,6-8,12-13H2,1-5H3. The van der Waals surface area contributed by atoms with Gasteiger partial charge in [-0.05, 0) is 64.0 Å². The Bertz CT molecular complexity index is 345. The van der Waals surface area contributed by atoms with Gasteiger partial charge in [0.2, 0.25) is 0 Å². The fourth-order valence-electron chi connectivity index (χ4n) is 2.01. The molecule has 1 nitrogen and oxygen atoms in total. The molecule has 0 fully saturated rings. The van der Waals surface area contributed by atoms with Crippen molar-refractivity contribution in [2.24, 2.45) is 5.92 Å². The van der Waals surface area contributed by atoms with E-state index < -0.39 is 0 Å². The monoisotopic (exact) mass is 262 g/mol. The van der Waals surface area contributed by atoms with Crippen LogP contribution in [0.4, 0.5) is 0 Å². The molecule has 0 amide bonds. The van der Waals surface area contributed by atoms with E-state index in [0.29, 0.717) is 0 Å². The van der Waals surface area contributed by atoms with Crippen LogP contribution in [0, 0.1) is 5.92 Å². The Labute approximate surface area is 119 Å². The van der Waals surface area contributed by atoms with Crippen molar-refractivity contribution in [3.8, 4) is 0 Å². The maximum Gasteiger partial charge on any atom is 0.152 e. The quantitative estimate of drug-likeness (QED) is 0.299. The van der Waals surface area contributed by atoms with E-state index in [1.54, 1.807) is 13.0 Å². The van der Waals surface area contributed by atoms with Crippen molar-refractivity contribution < 1.29 is 4.79 Å². The summed E-state index contributed by atoms with van der Waals surface area (Å²) in [7, 11) is 0. The lowest BCUT2D eigenvalue weighted by Gasteiger charge is -2.11. The van der Waals surface area contributed by atoms with Crippen LogP contribution < -0.4 is 0 Å². The first-order chi connectivity index (χ1) is 8.99. The van der Waals surface area contributed by atoms with Gasteiger partial charge in [-0.2, -0.15) is 0 Å². The van der Waals surface area contributed by atoms with Gasteiger partial charge in [0.15, 0.2) is 5.78 Å². The van der Waals surface area contributed by atoms with E-state index in [1.807, 2.05) is 6.92 Å². The van der Waals surface area contributed by atoms with E-state index in [1.165, 1.54) is 24.8 Å². The fourth-order valence-corrected chi connectivity index (χ4v) is 2.01. The van der Waals surface area contributed by atoms with Crippen LogP contribution in [-0.2, 0) is 4.79 Å². The van der Waals surface area contributed by atoms with Gasteiger partial charge in [0.25, 0.3) is 0 Å². The molecule has 0 heterocycles. The summed E-state index contributed by atoms with van der Waals surface area (Å²) < 4.78 is 0. The summed E-state index contributed by atoms with van der Waals surface area (Å²) in [6.45, 7) is 10.2. The molecule has 0 aromatic heterocycles. The van der Waals surface area contributed by atoms with Crippen LogP contribution in [0.1, 0.15) is 66.7 Å². The number of hydrogen-bond donors (Lipinski definition) is 0. The van der Waals surface area contributed by atoms with Gasteiger partial charge in [-0.3, -0.25) is 4.79 Å². The molecule has 0 N–H and O–H groups in total. The van der Waals surface area contributed by atoms with Crippen molar-refractivity contribution in [2.75, 3.05) is 0 Å². The van der Waals surface area contributed by atoms with Gasteiger partial charge in [-0.1, -0.05) is 44.1 Å². The predicted octanol–water partition coefficient (Wildman–Crippen LogP) is 5.63. The summed E-state index contributed by atoms with van der Waals surface area (Å²) in [6, 6.07) is 0. The molecule has 1 unspecified atom stereocenters. The van der Waals surface area contributed by atoms with Gasteiger partial charge in [0.05, 0.1) is 0 Å². The second-order valence-electron chi connectivity index (χ2n) is 5.39. The van der Waals surface area contributed by atoms with Crippen molar-refractivity contribution in [1.82, 2.24) is 0 Å². The largest absolute Gasteiger partial charge is 0.295 e. The molecule has 0 saturated carbocycles. The average Bonchev–Trinajstić information content (AvgIpc) is 2.35. The van der Waals surface area contributed by atoms with E-state index in [9.17, 15) is 4.79 Å². The van der Waals surface area contributed by atoms with Gasteiger partial charge in [0.1, 0.15) is 0 Å². The van der Waals surface area contributed by atoms with Gasteiger partial charge in [-0.15, -0.1) is 0 Å². The van der Waals surface area contributed by atoms with Crippen molar-refractivity contribution in [3.05, 3.63) is 35.5 Å². The molecule has 0 aromatic rings. The van der Waals surface area contributed by atoms with Crippen LogP contribution in [0.5, 0.6) is 0 Å². The Morgan fingerprint density at radius 3 is 2.37 bits per heavy atom. The summed E-state index contributed by atoms with van der Waals surface area (Å²) in [5.74, 6) is 0.872. The summed E-state index contributed by atoms with van der Waals surface area (Å²) >= 11 is 0. The maximum atomic E-state index is 10.9. The first kappa shape index (κ1) is 17.9. The molecule has 1 atom stereocenters. The molecular formula is C18H30O. The van der Waals surface area contributed by atoms with E-state index in [4.69, 9.17) is 0 Å². The SMILES string of the molecule is CCC(C)=CCCC(CC)CC=CC(C)=CC(C)=O. The molecule has 19 heavy (non-hydrogen) atoms. The number of allylic oxidation sites excluding steroid dienone is 6. The van der Waals surface area contributed by atoms with Crippen LogP contribution >= 0.6 is 0 Å². The number of hydrogen-bond acceptors (Lipinski definition) is 1. The summed E-state index contributed by atoms with van der Waals surface area (Å²) in [5, 5.41) is 0. The third kappa shape index (κ3) is 10.5. The highest BCUT2D eigenvalue weighted by Gasteiger charge is 2.02. The molecule has 0 aliphatic heterocycles. The van der Waals surface area contributed by atoms with Crippen molar-refractivity contribution >= 4 is 5.78 Å². The minimum absolute atomic E-state index is 0.120. The number of carbonyl (C=O) groups excluding carboxylic acids is 1. The normalized spacial score (nSPS) is 15.0. The molecule has 0 rings (SSSR count). The van der Waals surface area contributed by atoms with Gasteiger partial charge < -0.3 is 0 Å². The van der Waals surface area contributed by atoms with Crippen molar-refractivity contribution in [2.45, 2.75) is 66.7 Å². The second kappa shape index (κ2) is 10.8. The highest BCUT2D eigenvalue weighted by molar-refractivity contribution is 5.88. The molecular weight excluding hydrogens is 232 g/mol. The topological polar surface area (TPSA) is 17.1 Å². The number of rotatable bonds is 9. The fraction of sp³-hybridized carbons (Fsp3) is 0.611. The van der Waals surface area contributed by atoms with E-state index in [2.05, 4.69) is 39.0 Å². The molecule has 1 heteroatoms. The summed E-state index contributed by atoms with van der Waals surface area (Å²) in [6.07, 6.45) is 14.3.